The Labute approximate surface area is 175 Å². The van der Waals surface area contributed by atoms with Crippen molar-refractivity contribution in [2.45, 2.75) is 5.75 Å². The molecule has 0 radical (unpaired) electrons. The molecule has 0 aromatic heterocycles. The average molecular weight is 415 g/mol. The van der Waals surface area contributed by atoms with Gasteiger partial charge in [-0.25, -0.2) is 0 Å². The van der Waals surface area contributed by atoms with E-state index in [1.807, 2.05) is 24.3 Å². The largest absolute Gasteiger partial charge is 0.497 e. The van der Waals surface area contributed by atoms with Gasteiger partial charge in [-0.3, -0.25) is 9.59 Å². The van der Waals surface area contributed by atoms with Crippen LogP contribution in [0.5, 0.6) is 11.5 Å². The van der Waals surface area contributed by atoms with Crippen molar-refractivity contribution in [3.05, 3.63) is 59.2 Å². The van der Waals surface area contributed by atoms with Crippen molar-refractivity contribution in [1.82, 2.24) is 9.80 Å². The van der Waals surface area contributed by atoms with Gasteiger partial charge < -0.3 is 19.3 Å². The highest BCUT2D eigenvalue weighted by Gasteiger charge is 2.27. The lowest BCUT2D eigenvalue weighted by Gasteiger charge is -2.35. The quantitative estimate of drug-likeness (QED) is 0.727. The minimum Gasteiger partial charge on any atom is -0.497 e. The number of nitrogens with zero attached hydrogens (tertiary/aromatic N) is 2. The van der Waals surface area contributed by atoms with Crippen molar-refractivity contribution in [2.24, 2.45) is 0 Å². The molecular formula is C22H26N2O4S. The second-order valence-electron chi connectivity index (χ2n) is 6.78. The van der Waals surface area contributed by atoms with Crippen LogP contribution in [0.3, 0.4) is 0 Å². The van der Waals surface area contributed by atoms with E-state index in [0.717, 1.165) is 5.75 Å². The summed E-state index contributed by atoms with van der Waals surface area (Å²) in [6.07, 6.45) is 2.06. The highest BCUT2D eigenvalue weighted by Crippen LogP contribution is 2.26. The van der Waals surface area contributed by atoms with Crippen LogP contribution >= 0.6 is 11.8 Å². The van der Waals surface area contributed by atoms with Crippen molar-refractivity contribution in [2.75, 3.05) is 46.7 Å². The van der Waals surface area contributed by atoms with E-state index in [9.17, 15) is 9.59 Å². The summed E-state index contributed by atoms with van der Waals surface area (Å²) in [6, 6.07) is 12.9. The topological polar surface area (TPSA) is 59.1 Å². The molecule has 1 heterocycles. The van der Waals surface area contributed by atoms with E-state index in [-0.39, 0.29) is 11.8 Å². The lowest BCUT2D eigenvalue weighted by Crippen LogP contribution is -2.50. The molecule has 1 aliphatic rings. The van der Waals surface area contributed by atoms with Crippen molar-refractivity contribution in [1.29, 1.82) is 0 Å². The molecule has 0 unspecified atom stereocenters. The molecule has 3 rings (SSSR count). The van der Waals surface area contributed by atoms with Crippen LogP contribution in [0.25, 0.3) is 0 Å². The number of carbonyl (C=O) groups is 2. The molecule has 0 saturated carbocycles. The fraction of sp³-hybridized carbons (Fsp3) is 0.364. The first kappa shape index (κ1) is 21.0. The summed E-state index contributed by atoms with van der Waals surface area (Å²) in [7, 11) is 3.11. The first-order valence-corrected chi connectivity index (χ1v) is 10.8. The number of carbonyl (C=O) groups excluding carboxylic acids is 2. The van der Waals surface area contributed by atoms with E-state index in [1.165, 1.54) is 12.7 Å². The van der Waals surface area contributed by atoms with Gasteiger partial charge in [0, 0.05) is 43.6 Å². The number of hydrogen-bond donors (Lipinski definition) is 0. The van der Waals surface area contributed by atoms with Gasteiger partial charge in [0.05, 0.1) is 19.8 Å². The van der Waals surface area contributed by atoms with Gasteiger partial charge in [-0.2, -0.15) is 11.8 Å². The zero-order valence-electron chi connectivity index (χ0n) is 17.0. The molecule has 2 amide bonds. The smallest absolute Gasteiger partial charge is 0.257 e. The standard InChI is InChI=1S/C22H26N2O4S/c1-27-18-8-9-19(20(14-18)28-2)22(26)24-12-10-23(11-13-24)21(25)17-6-4-16(5-7-17)15-29-3/h4-9,14H,10-13,15H2,1-3H3. The molecule has 7 heteroatoms. The van der Waals surface area contributed by atoms with Crippen molar-refractivity contribution >= 4 is 23.6 Å². The SMILES string of the molecule is COc1ccc(C(=O)N2CCN(C(=O)c3ccc(CSC)cc3)CC2)c(OC)c1. The number of rotatable bonds is 6. The van der Waals surface area contributed by atoms with Crippen molar-refractivity contribution in [3.63, 3.8) is 0 Å². The number of thioether (sulfide) groups is 1. The zero-order chi connectivity index (χ0) is 20.8. The monoisotopic (exact) mass is 414 g/mol. The molecule has 0 bridgehead atoms. The molecule has 1 aliphatic heterocycles. The second-order valence-corrected chi connectivity index (χ2v) is 7.65. The molecule has 2 aromatic rings. The molecule has 0 spiro atoms. The van der Waals surface area contributed by atoms with Gasteiger partial charge in [-0.15, -0.1) is 0 Å². The Balaban J connectivity index is 1.62. The van der Waals surface area contributed by atoms with Crippen LogP contribution in [0.1, 0.15) is 26.3 Å². The van der Waals surface area contributed by atoms with Gasteiger partial charge in [0.25, 0.3) is 11.8 Å². The van der Waals surface area contributed by atoms with E-state index in [1.54, 1.807) is 46.9 Å². The van der Waals surface area contributed by atoms with Crippen LogP contribution in [0, 0.1) is 0 Å². The molecule has 29 heavy (non-hydrogen) atoms. The summed E-state index contributed by atoms with van der Waals surface area (Å²) in [6.45, 7) is 2.00. The molecule has 0 atom stereocenters. The number of piperazine rings is 1. The van der Waals surface area contributed by atoms with E-state index in [0.29, 0.717) is 48.8 Å². The number of amides is 2. The number of ether oxygens (including phenoxy) is 2. The Bertz CT molecular complexity index is 862. The second kappa shape index (κ2) is 9.69. The summed E-state index contributed by atoms with van der Waals surface area (Å²) in [4.78, 5) is 29.3. The van der Waals surface area contributed by atoms with Crippen LogP contribution < -0.4 is 9.47 Å². The van der Waals surface area contributed by atoms with Gasteiger partial charge in [-0.05, 0) is 36.1 Å². The van der Waals surface area contributed by atoms with Gasteiger partial charge >= 0.3 is 0 Å². The zero-order valence-corrected chi connectivity index (χ0v) is 17.8. The van der Waals surface area contributed by atoms with Crippen LogP contribution in [0.2, 0.25) is 0 Å². The Kier molecular flexibility index (Phi) is 7.04. The molecule has 2 aromatic carbocycles. The van der Waals surface area contributed by atoms with Gasteiger partial charge in [0.15, 0.2) is 0 Å². The average Bonchev–Trinajstić information content (AvgIpc) is 2.78. The predicted octanol–water partition coefficient (Wildman–Crippen LogP) is 3.17. The van der Waals surface area contributed by atoms with E-state index in [2.05, 4.69) is 6.26 Å². The first-order valence-electron chi connectivity index (χ1n) is 9.45. The Morgan fingerprint density at radius 1 is 0.897 bits per heavy atom. The summed E-state index contributed by atoms with van der Waals surface area (Å²) in [5.74, 6) is 1.97. The van der Waals surface area contributed by atoms with E-state index < -0.39 is 0 Å². The van der Waals surface area contributed by atoms with E-state index in [4.69, 9.17) is 9.47 Å². The van der Waals surface area contributed by atoms with Gasteiger partial charge in [-0.1, -0.05) is 12.1 Å². The number of benzene rings is 2. The van der Waals surface area contributed by atoms with E-state index >= 15 is 0 Å². The maximum atomic E-state index is 12.9. The molecule has 6 nitrogen and oxygen atoms in total. The Morgan fingerprint density at radius 3 is 2.07 bits per heavy atom. The molecule has 154 valence electrons. The molecule has 1 saturated heterocycles. The fourth-order valence-corrected chi connectivity index (χ4v) is 3.88. The molecule has 0 N–H and O–H groups in total. The lowest BCUT2D eigenvalue weighted by molar-refractivity contribution is 0.0533. The minimum absolute atomic E-state index is 0.00910. The highest BCUT2D eigenvalue weighted by molar-refractivity contribution is 7.97. The minimum atomic E-state index is -0.0991. The normalized spacial score (nSPS) is 13.9. The Morgan fingerprint density at radius 2 is 1.52 bits per heavy atom. The fourth-order valence-electron chi connectivity index (χ4n) is 3.35. The van der Waals surface area contributed by atoms with Crippen LogP contribution in [0.15, 0.2) is 42.5 Å². The van der Waals surface area contributed by atoms with Gasteiger partial charge in [0.1, 0.15) is 11.5 Å². The third kappa shape index (κ3) is 4.85. The third-order valence-corrected chi connectivity index (χ3v) is 5.63. The summed E-state index contributed by atoms with van der Waals surface area (Å²) >= 11 is 1.75. The van der Waals surface area contributed by atoms with Crippen LogP contribution in [-0.4, -0.2) is 68.3 Å². The highest BCUT2D eigenvalue weighted by atomic mass is 32.2. The van der Waals surface area contributed by atoms with Crippen molar-refractivity contribution in [3.8, 4) is 11.5 Å². The summed E-state index contributed by atoms with van der Waals surface area (Å²) in [5, 5.41) is 0. The third-order valence-electron chi connectivity index (χ3n) is 5.01. The molecular weight excluding hydrogens is 388 g/mol. The van der Waals surface area contributed by atoms with Crippen LogP contribution in [0.4, 0.5) is 0 Å². The van der Waals surface area contributed by atoms with Gasteiger partial charge in [0.2, 0.25) is 0 Å². The lowest BCUT2D eigenvalue weighted by atomic mass is 10.1. The first-order chi connectivity index (χ1) is 14.1. The number of hydrogen-bond acceptors (Lipinski definition) is 5. The van der Waals surface area contributed by atoms with Crippen LogP contribution in [-0.2, 0) is 5.75 Å². The maximum Gasteiger partial charge on any atom is 0.257 e. The van der Waals surface area contributed by atoms with Crippen molar-refractivity contribution < 1.29 is 19.1 Å². The molecule has 0 aliphatic carbocycles. The Hall–Kier alpha value is -2.67. The summed E-state index contributed by atoms with van der Waals surface area (Å²) < 4.78 is 10.5. The maximum absolute atomic E-state index is 12.9. The predicted molar refractivity (Wildman–Crippen MR) is 115 cm³/mol. The number of methoxy groups -OCH3 is 2. The summed E-state index contributed by atoms with van der Waals surface area (Å²) in [5.41, 5.74) is 2.39. The molecule has 1 fully saturated rings.